The first-order chi connectivity index (χ1) is 7.62. The third-order valence-corrected chi connectivity index (χ3v) is 3.28. The summed E-state index contributed by atoms with van der Waals surface area (Å²) in [5, 5.41) is 9.63. The van der Waals surface area contributed by atoms with Crippen molar-refractivity contribution in [2.75, 3.05) is 26.4 Å². The summed E-state index contributed by atoms with van der Waals surface area (Å²) in [6.07, 6.45) is 2.63. The first-order valence-electron chi connectivity index (χ1n) is 6.21. The van der Waals surface area contributed by atoms with Crippen LogP contribution in [0.5, 0.6) is 0 Å². The smallest absolute Gasteiger partial charge is 0.101 e. The Morgan fingerprint density at radius 1 is 1.50 bits per heavy atom. The minimum Gasteiger partial charge on any atom is -0.388 e. The highest BCUT2D eigenvalue weighted by atomic mass is 16.5. The van der Waals surface area contributed by atoms with E-state index in [1.165, 1.54) is 6.42 Å². The zero-order valence-corrected chi connectivity index (χ0v) is 10.4. The number of hydrogen-bond acceptors (Lipinski definition) is 4. The molecule has 16 heavy (non-hydrogen) atoms. The topological polar surface area (TPSA) is 64.7 Å². The minimum atomic E-state index is -0.542. The number of ether oxygens (including phenoxy) is 2. The molecule has 0 aromatic carbocycles. The van der Waals surface area contributed by atoms with Gasteiger partial charge in [-0.3, -0.25) is 0 Å². The van der Waals surface area contributed by atoms with E-state index in [2.05, 4.69) is 6.92 Å². The summed E-state index contributed by atoms with van der Waals surface area (Å²) in [7, 11) is 0. The summed E-state index contributed by atoms with van der Waals surface area (Å²) in [5.41, 5.74) is 5.58. The third-order valence-electron chi connectivity index (χ3n) is 3.28. The van der Waals surface area contributed by atoms with Gasteiger partial charge in [0, 0.05) is 13.2 Å². The number of aliphatic hydroxyl groups is 1. The van der Waals surface area contributed by atoms with Crippen molar-refractivity contribution in [3.05, 3.63) is 0 Å². The first-order valence-corrected chi connectivity index (χ1v) is 6.21. The molecule has 0 spiro atoms. The average molecular weight is 231 g/mol. The predicted molar refractivity (Wildman–Crippen MR) is 63.3 cm³/mol. The van der Waals surface area contributed by atoms with Crippen LogP contribution in [0.25, 0.3) is 0 Å². The fourth-order valence-corrected chi connectivity index (χ4v) is 2.30. The SMILES string of the molecule is CCOCC(O)COC1(CN)CCC(C)C1. The molecule has 1 aliphatic rings. The van der Waals surface area contributed by atoms with Crippen LogP contribution in [-0.2, 0) is 9.47 Å². The second-order valence-electron chi connectivity index (χ2n) is 4.86. The van der Waals surface area contributed by atoms with Crippen LogP contribution in [-0.4, -0.2) is 43.2 Å². The van der Waals surface area contributed by atoms with Crippen LogP contribution >= 0.6 is 0 Å². The molecular weight excluding hydrogens is 206 g/mol. The van der Waals surface area contributed by atoms with Gasteiger partial charge in [0.25, 0.3) is 0 Å². The second kappa shape index (κ2) is 6.55. The van der Waals surface area contributed by atoms with Crippen molar-refractivity contribution < 1.29 is 14.6 Å². The third kappa shape index (κ3) is 4.01. The van der Waals surface area contributed by atoms with Crippen LogP contribution in [0.2, 0.25) is 0 Å². The Kier molecular flexibility index (Phi) is 5.69. The van der Waals surface area contributed by atoms with Gasteiger partial charge in [-0.05, 0) is 32.1 Å². The number of rotatable bonds is 7. The molecule has 1 fully saturated rings. The molecule has 3 atom stereocenters. The molecule has 0 aliphatic heterocycles. The standard InChI is InChI=1S/C12H25NO3/c1-3-15-7-11(14)8-16-12(9-13)5-4-10(2)6-12/h10-11,14H,3-9,13H2,1-2H3. The molecule has 0 saturated heterocycles. The van der Waals surface area contributed by atoms with Gasteiger partial charge in [-0.15, -0.1) is 0 Å². The maximum Gasteiger partial charge on any atom is 0.101 e. The molecule has 3 N–H and O–H groups in total. The van der Waals surface area contributed by atoms with Gasteiger partial charge < -0.3 is 20.3 Å². The van der Waals surface area contributed by atoms with Gasteiger partial charge in [0.05, 0.1) is 18.8 Å². The summed E-state index contributed by atoms with van der Waals surface area (Å²) >= 11 is 0. The van der Waals surface area contributed by atoms with Gasteiger partial charge in [-0.1, -0.05) is 6.92 Å². The summed E-state index contributed by atoms with van der Waals surface area (Å²) < 4.78 is 11.0. The highest BCUT2D eigenvalue weighted by Crippen LogP contribution is 2.36. The van der Waals surface area contributed by atoms with Crippen molar-refractivity contribution >= 4 is 0 Å². The van der Waals surface area contributed by atoms with Crippen molar-refractivity contribution in [1.82, 2.24) is 0 Å². The Morgan fingerprint density at radius 2 is 2.25 bits per heavy atom. The van der Waals surface area contributed by atoms with E-state index in [-0.39, 0.29) is 5.60 Å². The Bertz CT molecular complexity index is 201. The molecule has 0 amide bonds. The van der Waals surface area contributed by atoms with Crippen LogP contribution in [0.15, 0.2) is 0 Å². The van der Waals surface area contributed by atoms with E-state index >= 15 is 0 Å². The molecule has 4 heteroatoms. The van der Waals surface area contributed by atoms with Gasteiger partial charge >= 0.3 is 0 Å². The van der Waals surface area contributed by atoms with E-state index in [9.17, 15) is 5.11 Å². The molecule has 0 aromatic rings. The Hall–Kier alpha value is -0.160. The predicted octanol–water partition coefficient (Wildman–Crippen LogP) is 0.918. The van der Waals surface area contributed by atoms with Crippen molar-refractivity contribution in [2.45, 2.75) is 44.8 Å². The number of nitrogens with two attached hydrogens (primary N) is 1. The normalized spacial score (nSPS) is 31.9. The van der Waals surface area contributed by atoms with Crippen LogP contribution in [0.4, 0.5) is 0 Å². The van der Waals surface area contributed by atoms with E-state index in [0.29, 0.717) is 32.3 Å². The Balaban J connectivity index is 2.28. The number of aliphatic hydroxyl groups excluding tert-OH is 1. The molecule has 0 aromatic heterocycles. The monoisotopic (exact) mass is 231 g/mol. The highest BCUT2D eigenvalue weighted by molar-refractivity contribution is 4.90. The van der Waals surface area contributed by atoms with Crippen molar-refractivity contribution in [1.29, 1.82) is 0 Å². The quantitative estimate of drug-likeness (QED) is 0.684. The fraction of sp³-hybridized carbons (Fsp3) is 1.00. The van der Waals surface area contributed by atoms with Crippen molar-refractivity contribution in [3.63, 3.8) is 0 Å². The molecule has 1 rings (SSSR count). The average Bonchev–Trinajstić information content (AvgIpc) is 2.66. The zero-order chi connectivity index (χ0) is 12.0. The molecule has 1 saturated carbocycles. The van der Waals surface area contributed by atoms with Crippen molar-refractivity contribution in [3.8, 4) is 0 Å². The molecule has 0 radical (unpaired) electrons. The molecule has 0 heterocycles. The van der Waals surface area contributed by atoms with Crippen LogP contribution in [0.3, 0.4) is 0 Å². The van der Waals surface area contributed by atoms with Crippen LogP contribution in [0.1, 0.15) is 33.1 Å². The van der Waals surface area contributed by atoms with Gasteiger partial charge in [-0.25, -0.2) is 0 Å². The van der Waals surface area contributed by atoms with Gasteiger partial charge in [0.15, 0.2) is 0 Å². The molecule has 96 valence electrons. The van der Waals surface area contributed by atoms with E-state index in [0.717, 1.165) is 12.8 Å². The lowest BCUT2D eigenvalue weighted by Crippen LogP contribution is -2.41. The lowest BCUT2D eigenvalue weighted by Gasteiger charge is -2.29. The van der Waals surface area contributed by atoms with E-state index in [4.69, 9.17) is 15.2 Å². The summed E-state index contributed by atoms with van der Waals surface area (Å²) in [4.78, 5) is 0. The molecule has 0 bridgehead atoms. The van der Waals surface area contributed by atoms with E-state index < -0.39 is 6.10 Å². The lowest BCUT2D eigenvalue weighted by atomic mass is 10.0. The van der Waals surface area contributed by atoms with Crippen LogP contribution in [0, 0.1) is 5.92 Å². The molecular formula is C12H25NO3. The maximum atomic E-state index is 9.63. The lowest BCUT2D eigenvalue weighted by molar-refractivity contribution is -0.0886. The van der Waals surface area contributed by atoms with E-state index in [1.807, 2.05) is 6.92 Å². The maximum absolute atomic E-state index is 9.63. The molecule has 4 nitrogen and oxygen atoms in total. The molecule has 1 aliphatic carbocycles. The largest absolute Gasteiger partial charge is 0.388 e. The summed E-state index contributed by atoms with van der Waals surface area (Å²) in [6, 6.07) is 0. The van der Waals surface area contributed by atoms with Gasteiger partial charge in [-0.2, -0.15) is 0 Å². The summed E-state index contributed by atoms with van der Waals surface area (Å²) in [5.74, 6) is 0.674. The fourth-order valence-electron chi connectivity index (χ4n) is 2.30. The van der Waals surface area contributed by atoms with Crippen LogP contribution < -0.4 is 5.73 Å². The zero-order valence-electron chi connectivity index (χ0n) is 10.4. The first kappa shape index (κ1) is 13.9. The van der Waals surface area contributed by atoms with Gasteiger partial charge in [0.1, 0.15) is 6.10 Å². The van der Waals surface area contributed by atoms with Gasteiger partial charge in [0.2, 0.25) is 0 Å². The summed E-state index contributed by atoms with van der Waals surface area (Å²) in [6.45, 7) is 5.95. The molecule has 3 unspecified atom stereocenters. The van der Waals surface area contributed by atoms with Crippen molar-refractivity contribution in [2.24, 2.45) is 11.7 Å². The minimum absolute atomic E-state index is 0.202. The van der Waals surface area contributed by atoms with E-state index in [1.54, 1.807) is 0 Å². The second-order valence-corrected chi connectivity index (χ2v) is 4.86. The number of hydrogen-bond donors (Lipinski definition) is 2. The Morgan fingerprint density at radius 3 is 2.75 bits per heavy atom. The highest BCUT2D eigenvalue weighted by Gasteiger charge is 2.37. The Labute approximate surface area is 98.1 Å².